The number of imide groups is 1. The van der Waals surface area contributed by atoms with Crippen LogP contribution in [0.15, 0.2) is 24.3 Å². The molecule has 1 aromatic carbocycles. The van der Waals surface area contributed by atoms with E-state index in [0.717, 1.165) is 12.8 Å². The molecular weight excluding hydrogens is 307 g/mol. The van der Waals surface area contributed by atoms with Crippen LogP contribution in [0.1, 0.15) is 19.8 Å². The summed E-state index contributed by atoms with van der Waals surface area (Å²) in [5.41, 5.74) is 0. The third-order valence-corrected chi connectivity index (χ3v) is 2.97. The average molecular weight is 324 g/mol. The second-order valence-electron chi connectivity index (χ2n) is 5.12. The van der Waals surface area contributed by atoms with Crippen molar-refractivity contribution in [3.63, 3.8) is 0 Å². The lowest BCUT2D eigenvalue weighted by Crippen LogP contribution is -2.42. The fourth-order valence-corrected chi connectivity index (χ4v) is 1.63. The summed E-state index contributed by atoms with van der Waals surface area (Å²) in [7, 11) is 0. The molecule has 0 aliphatic heterocycles. The van der Waals surface area contributed by atoms with Crippen molar-refractivity contribution in [3.8, 4) is 5.75 Å². The minimum absolute atomic E-state index is 0.120. The summed E-state index contributed by atoms with van der Waals surface area (Å²) in [5.74, 6) is -1.63. The van der Waals surface area contributed by atoms with Crippen LogP contribution >= 0.6 is 0 Å². The Morgan fingerprint density at radius 1 is 1.26 bits per heavy atom. The van der Waals surface area contributed by atoms with E-state index in [1.54, 1.807) is 0 Å². The largest absolute Gasteiger partial charge is 0.479 e. The zero-order chi connectivity index (χ0) is 16.8. The van der Waals surface area contributed by atoms with Gasteiger partial charge in [-0.05, 0) is 44.0 Å². The first-order chi connectivity index (χ1) is 10.9. The van der Waals surface area contributed by atoms with Crippen molar-refractivity contribution in [2.75, 3.05) is 6.61 Å². The van der Waals surface area contributed by atoms with E-state index in [2.05, 4.69) is 10.6 Å². The van der Waals surface area contributed by atoms with Crippen LogP contribution in [0.2, 0.25) is 0 Å². The van der Waals surface area contributed by atoms with E-state index < -0.39 is 36.4 Å². The fraction of sp³-hybridized carbons (Fsp3) is 0.400. The molecule has 2 N–H and O–H groups in total. The summed E-state index contributed by atoms with van der Waals surface area (Å²) in [6, 6.07) is 4.64. The van der Waals surface area contributed by atoms with Gasteiger partial charge in [0, 0.05) is 6.04 Å². The molecule has 1 aromatic rings. The molecule has 7 nitrogen and oxygen atoms in total. The molecule has 1 atom stereocenters. The number of rotatable bonds is 6. The number of ether oxygens (including phenoxy) is 2. The molecule has 1 saturated carbocycles. The van der Waals surface area contributed by atoms with Crippen LogP contribution in [0.5, 0.6) is 5.75 Å². The van der Waals surface area contributed by atoms with Crippen molar-refractivity contribution in [2.45, 2.75) is 31.9 Å². The Morgan fingerprint density at radius 2 is 1.91 bits per heavy atom. The maximum Gasteiger partial charge on any atom is 0.347 e. The van der Waals surface area contributed by atoms with Crippen molar-refractivity contribution in [1.82, 2.24) is 10.6 Å². The molecule has 23 heavy (non-hydrogen) atoms. The fourth-order valence-electron chi connectivity index (χ4n) is 1.63. The number of carbonyl (C=O) groups excluding carboxylic acids is 3. The number of amides is 3. The maximum absolute atomic E-state index is 12.8. The zero-order valence-electron chi connectivity index (χ0n) is 12.5. The van der Waals surface area contributed by atoms with Crippen molar-refractivity contribution >= 4 is 17.9 Å². The van der Waals surface area contributed by atoms with E-state index >= 15 is 0 Å². The predicted molar refractivity (Wildman–Crippen MR) is 77.1 cm³/mol. The standard InChI is InChI=1S/C15H17FN2O5/c1-9(23-12-6-2-10(16)3-7-12)14(20)22-8-13(19)18-15(21)17-11-4-5-11/h2-3,6-7,9,11H,4-5,8H2,1H3,(H2,17,18,19,21)/t9-/m0/s1. The summed E-state index contributed by atoms with van der Waals surface area (Å²) >= 11 is 0. The smallest absolute Gasteiger partial charge is 0.347 e. The molecule has 0 radical (unpaired) electrons. The van der Waals surface area contributed by atoms with Gasteiger partial charge in [0.1, 0.15) is 11.6 Å². The molecule has 1 aliphatic carbocycles. The molecule has 1 aliphatic rings. The molecular formula is C15H17FN2O5. The van der Waals surface area contributed by atoms with Gasteiger partial charge in [-0.1, -0.05) is 0 Å². The number of hydrogen-bond donors (Lipinski definition) is 2. The van der Waals surface area contributed by atoms with E-state index in [1.165, 1.54) is 31.2 Å². The van der Waals surface area contributed by atoms with Gasteiger partial charge in [-0.15, -0.1) is 0 Å². The van der Waals surface area contributed by atoms with E-state index in [9.17, 15) is 18.8 Å². The number of carbonyl (C=O) groups is 3. The van der Waals surface area contributed by atoms with Gasteiger partial charge < -0.3 is 14.8 Å². The second-order valence-corrected chi connectivity index (χ2v) is 5.12. The summed E-state index contributed by atoms with van der Waals surface area (Å²) in [5, 5.41) is 4.62. The highest BCUT2D eigenvalue weighted by molar-refractivity contribution is 5.95. The SMILES string of the molecule is C[C@H](Oc1ccc(F)cc1)C(=O)OCC(=O)NC(=O)NC1CC1. The van der Waals surface area contributed by atoms with E-state index in [0.29, 0.717) is 5.75 Å². The number of hydrogen-bond acceptors (Lipinski definition) is 5. The van der Waals surface area contributed by atoms with E-state index in [1.807, 2.05) is 0 Å². The molecule has 124 valence electrons. The first-order valence-corrected chi connectivity index (χ1v) is 7.13. The lowest BCUT2D eigenvalue weighted by atomic mass is 10.3. The lowest BCUT2D eigenvalue weighted by Gasteiger charge is -2.13. The highest BCUT2D eigenvalue weighted by atomic mass is 19.1. The normalized spacial score (nSPS) is 14.5. The molecule has 8 heteroatoms. The highest BCUT2D eigenvalue weighted by Crippen LogP contribution is 2.18. The molecule has 0 unspecified atom stereocenters. The van der Waals surface area contributed by atoms with E-state index in [-0.39, 0.29) is 6.04 Å². The highest BCUT2D eigenvalue weighted by Gasteiger charge is 2.24. The Morgan fingerprint density at radius 3 is 2.52 bits per heavy atom. The molecule has 0 saturated heterocycles. The number of nitrogens with one attached hydrogen (secondary N) is 2. The third-order valence-electron chi connectivity index (χ3n) is 2.97. The summed E-state index contributed by atoms with van der Waals surface area (Å²) < 4.78 is 22.8. The monoisotopic (exact) mass is 324 g/mol. The summed E-state index contributed by atoms with van der Waals surface area (Å²) in [4.78, 5) is 34.4. The quantitative estimate of drug-likeness (QED) is 0.765. The zero-order valence-corrected chi connectivity index (χ0v) is 12.5. The molecule has 1 fully saturated rings. The molecule has 0 aromatic heterocycles. The number of esters is 1. The van der Waals surface area contributed by atoms with Crippen molar-refractivity contribution < 1.29 is 28.2 Å². The van der Waals surface area contributed by atoms with Gasteiger partial charge in [0.2, 0.25) is 0 Å². The Balaban J connectivity index is 1.69. The minimum atomic E-state index is -0.978. The van der Waals surface area contributed by atoms with Crippen LogP contribution in [-0.2, 0) is 14.3 Å². The average Bonchev–Trinajstić information content (AvgIpc) is 3.30. The van der Waals surface area contributed by atoms with Crippen molar-refractivity contribution in [1.29, 1.82) is 0 Å². The van der Waals surface area contributed by atoms with Gasteiger partial charge in [0.15, 0.2) is 12.7 Å². The molecule has 2 rings (SSSR count). The first kappa shape index (κ1) is 16.7. The Labute approximate surface area is 132 Å². The first-order valence-electron chi connectivity index (χ1n) is 7.13. The molecule has 3 amide bonds. The van der Waals surface area contributed by atoms with Gasteiger partial charge >= 0.3 is 12.0 Å². The second kappa shape index (κ2) is 7.57. The molecule has 0 heterocycles. The van der Waals surface area contributed by atoms with Crippen LogP contribution < -0.4 is 15.4 Å². The van der Waals surface area contributed by atoms with Crippen LogP contribution in [0.4, 0.5) is 9.18 Å². The van der Waals surface area contributed by atoms with Gasteiger partial charge in [0.05, 0.1) is 0 Å². The van der Waals surface area contributed by atoms with Crippen molar-refractivity contribution in [2.24, 2.45) is 0 Å². The summed E-state index contributed by atoms with van der Waals surface area (Å²) in [6.45, 7) is 0.845. The Kier molecular flexibility index (Phi) is 5.51. The predicted octanol–water partition coefficient (Wildman–Crippen LogP) is 1.12. The van der Waals surface area contributed by atoms with Gasteiger partial charge in [0.25, 0.3) is 5.91 Å². The molecule has 0 spiro atoms. The third kappa shape index (κ3) is 5.93. The summed E-state index contributed by atoms with van der Waals surface area (Å²) in [6.07, 6.45) is 0.817. The topological polar surface area (TPSA) is 93.7 Å². The lowest BCUT2D eigenvalue weighted by molar-refractivity contribution is -0.154. The maximum atomic E-state index is 12.8. The van der Waals surface area contributed by atoms with Gasteiger partial charge in [-0.2, -0.15) is 0 Å². The van der Waals surface area contributed by atoms with Crippen LogP contribution in [0.3, 0.4) is 0 Å². The Hall–Kier alpha value is -2.64. The van der Waals surface area contributed by atoms with Crippen LogP contribution in [0, 0.1) is 5.82 Å². The van der Waals surface area contributed by atoms with Crippen LogP contribution in [-0.4, -0.2) is 36.7 Å². The van der Waals surface area contributed by atoms with Crippen LogP contribution in [0.25, 0.3) is 0 Å². The van der Waals surface area contributed by atoms with Gasteiger partial charge in [-0.3, -0.25) is 10.1 Å². The number of urea groups is 1. The number of benzene rings is 1. The number of halogens is 1. The molecule has 0 bridgehead atoms. The van der Waals surface area contributed by atoms with Crippen molar-refractivity contribution in [3.05, 3.63) is 30.1 Å². The minimum Gasteiger partial charge on any atom is -0.479 e. The Bertz CT molecular complexity index is 586. The van der Waals surface area contributed by atoms with Gasteiger partial charge in [-0.25, -0.2) is 14.0 Å². The van der Waals surface area contributed by atoms with E-state index in [4.69, 9.17) is 9.47 Å².